The molecule has 1 amide bonds. The summed E-state index contributed by atoms with van der Waals surface area (Å²) in [6, 6.07) is 10.2. The summed E-state index contributed by atoms with van der Waals surface area (Å²) in [5, 5.41) is 3.06. The Morgan fingerprint density at radius 2 is 2.21 bits per heavy atom. The van der Waals surface area contributed by atoms with Crippen LogP contribution in [0.15, 0.2) is 36.5 Å². The van der Waals surface area contributed by atoms with Crippen LogP contribution < -0.4 is 10.1 Å². The number of hydrogen-bond donors (Lipinski definition) is 1. The molecular formula is C20H22N2O2. The molecule has 0 spiro atoms. The molecule has 1 aromatic heterocycles. The van der Waals surface area contributed by atoms with Gasteiger partial charge in [-0.1, -0.05) is 19.1 Å². The molecule has 124 valence electrons. The van der Waals surface area contributed by atoms with Gasteiger partial charge in [-0.05, 0) is 49.1 Å². The van der Waals surface area contributed by atoms with Crippen molar-refractivity contribution < 1.29 is 9.53 Å². The Hall–Kier alpha value is -2.36. The summed E-state index contributed by atoms with van der Waals surface area (Å²) >= 11 is 0. The fraction of sp³-hybridized carbons (Fsp3) is 0.400. The van der Waals surface area contributed by atoms with Gasteiger partial charge in [-0.3, -0.25) is 9.78 Å². The predicted molar refractivity (Wildman–Crippen MR) is 92.9 cm³/mol. The Morgan fingerprint density at radius 1 is 1.38 bits per heavy atom. The van der Waals surface area contributed by atoms with Crippen molar-refractivity contribution in [3.05, 3.63) is 47.7 Å². The number of aryl methyl sites for hydroxylation is 1. The highest BCUT2D eigenvalue weighted by Crippen LogP contribution is 2.45. The van der Waals surface area contributed by atoms with Gasteiger partial charge in [0.15, 0.2) is 0 Å². The smallest absolute Gasteiger partial charge is 0.226 e. The molecule has 1 N–H and O–H groups in total. The van der Waals surface area contributed by atoms with Gasteiger partial charge >= 0.3 is 0 Å². The third-order valence-electron chi connectivity index (χ3n) is 5.02. The van der Waals surface area contributed by atoms with Crippen LogP contribution in [-0.4, -0.2) is 23.5 Å². The van der Waals surface area contributed by atoms with Crippen LogP contribution in [0, 0.1) is 12.3 Å². The predicted octanol–water partition coefficient (Wildman–Crippen LogP) is 3.28. The van der Waals surface area contributed by atoms with Crippen LogP contribution in [0.25, 0.3) is 11.3 Å². The molecule has 1 aromatic carbocycles. The molecule has 1 aliphatic heterocycles. The first kappa shape index (κ1) is 15.2. The van der Waals surface area contributed by atoms with E-state index in [9.17, 15) is 4.79 Å². The van der Waals surface area contributed by atoms with Crippen LogP contribution >= 0.6 is 0 Å². The van der Waals surface area contributed by atoms with Gasteiger partial charge in [0.25, 0.3) is 0 Å². The molecule has 24 heavy (non-hydrogen) atoms. The summed E-state index contributed by atoms with van der Waals surface area (Å²) in [5.74, 6) is 1.07. The molecule has 4 heteroatoms. The number of fused-ring (bicyclic) bond motifs is 1. The van der Waals surface area contributed by atoms with Gasteiger partial charge in [-0.25, -0.2) is 0 Å². The maximum Gasteiger partial charge on any atom is 0.226 e. The number of carbonyl (C=O) groups is 1. The second-order valence-corrected chi connectivity index (χ2v) is 7.23. The lowest BCUT2D eigenvalue weighted by Gasteiger charge is -2.15. The van der Waals surface area contributed by atoms with Gasteiger partial charge in [0, 0.05) is 23.6 Å². The minimum absolute atomic E-state index is 0.00411. The zero-order valence-corrected chi connectivity index (χ0v) is 14.1. The molecule has 2 aliphatic rings. The van der Waals surface area contributed by atoms with Gasteiger partial charge in [0.2, 0.25) is 5.91 Å². The average molecular weight is 322 g/mol. The molecule has 4 nitrogen and oxygen atoms in total. The summed E-state index contributed by atoms with van der Waals surface area (Å²) in [5.41, 5.74) is 4.23. The fourth-order valence-corrected chi connectivity index (χ4v) is 3.25. The van der Waals surface area contributed by atoms with Crippen LogP contribution in [0.5, 0.6) is 5.75 Å². The SMILES string of the molecule is Cc1cc2c(c(-c3ccccn3)c1)O[C@@H](CNC(=O)C1(C)CC1)C2. The standard InChI is InChI=1S/C20H22N2O2/c1-13-9-14-11-15(12-22-19(23)20(2)6-7-20)24-18(14)16(10-13)17-5-3-4-8-21-17/h3-5,8-10,15H,6-7,11-12H2,1-2H3,(H,22,23)/t15-/m1/s1. The number of rotatable bonds is 4. The van der Waals surface area contributed by atoms with Gasteiger partial charge < -0.3 is 10.1 Å². The lowest BCUT2D eigenvalue weighted by Crippen LogP contribution is -2.38. The normalized spacial score (nSPS) is 20.2. The lowest BCUT2D eigenvalue weighted by molar-refractivity contribution is -0.126. The van der Waals surface area contributed by atoms with Gasteiger partial charge in [-0.15, -0.1) is 0 Å². The number of hydrogen-bond acceptors (Lipinski definition) is 3. The van der Waals surface area contributed by atoms with Crippen molar-refractivity contribution >= 4 is 5.91 Å². The minimum Gasteiger partial charge on any atom is -0.487 e. The zero-order chi connectivity index (χ0) is 16.7. The summed E-state index contributed by atoms with van der Waals surface area (Å²) < 4.78 is 6.18. The van der Waals surface area contributed by atoms with E-state index < -0.39 is 0 Å². The van der Waals surface area contributed by atoms with Crippen molar-refractivity contribution in [2.75, 3.05) is 6.54 Å². The minimum atomic E-state index is -0.138. The largest absolute Gasteiger partial charge is 0.487 e. The molecule has 0 radical (unpaired) electrons. The molecule has 0 bridgehead atoms. The number of nitrogens with one attached hydrogen (secondary N) is 1. The van der Waals surface area contributed by atoms with Crippen molar-refractivity contribution in [1.82, 2.24) is 10.3 Å². The van der Waals surface area contributed by atoms with Gasteiger partial charge in [-0.2, -0.15) is 0 Å². The number of nitrogens with zero attached hydrogens (tertiary/aromatic N) is 1. The Kier molecular flexibility index (Phi) is 3.56. The monoisotopic (exact) mass is 322 g/mol. The first-order valence-electron chi connectivity index (χ1n) is 8.55. The number of amides is 1. The molecule has 2 aromatic rings. The first-order valence-corrected chi connectivity index (χ1v) is 8.55. The highest BCUT2D eigenvalue weighted by molar-refractivity contribution is 5.84. The van der Waals surface area contributed by atoms with Crippen molar-refractivity contribution in [3.8, 4) is 17.0 Å². The van der Waals surface area contributed by atoms with E-state index in [4.69, 9.17) is 4.74 Å². The first-order chi connectivity index (χ1) is 11.5. The van der Waals surface area contributed by atoms with E-state index in [0.29, 0.717) is 6.54 Å². The molecule has 4 rings (SSSR count). The Balaban J connectivity index is 1.52. The van der Waals surface area contributed by atoms with E-state index in [1.165, 1.54) is 11.1 Å². The quantitative estimate of drug-likeness (QED) is 0.940. The molecule has 0 saturated heterocycles. The maximum absolute atomic E-state index is 12.1. The topological polar surface area (TPSA) is 51.2 Å². The zero-order valence-electron chi connectivity index (χ0n) is 14.1. The van der Waals surface area contributed by atoms with E-state index in [2.05, 4.69) is 29.4 Å². The highest BCUT2D eigenvalue weighted by atomic mass is 16.5. The second-order valence-electron chi connectivity index (χ2n) is 7.23. The fourth-order valence-electron chi connectivity index (χ4n) is 3.25. The van der Waals surface area contributed by atoms with Crippen LogP contribution in [0.4, 0.5) is 0 Å². The maximum atomic E-state index is 12.1. The summed E-state index contributed by atoms with van der Waals surface area (Å²) in [4.78, 5) is 16.6. The van der Waals surface area contributed by atoms with Crippen molar-refractivity contribution in [1.29, 1.82) is 0 Å². The molecule has 0 unspecified atom stereocenters. The summed E-state index contributed by atoms with van der Waals surface area (Å²) in [6.07, 6.45) is 4.61. The Bertz CT molecular complexity index is 782. The average Bonchev–Trinajstić information content (AvgIpc) is 3.20. The molecular weight excluding hydrogens is 300 g/mol. The van der Waals surface area contributed by atoms with Crippen LogP contribution in [-0.2, 0) is 11.2 Å². The van der Waals surface area contributed by atoms with E-state index in [1.54, 1.807) is 6.20 Å². The van der Waals surface area contributed by atoms with Crippen LogP contribution in [0.3, 0.4) is 0 Å². The molecule has 2 heterocycles. The van der Waals surface area contributed by atoms with E-state index >= 15 is 0 Å². The summed E-state index contributed by atoms with van der Waals surface area (Å²) in [6.45, 7) is 4.68. The molecule has 1 saturated carbocycles. The number of carbonyl (C=O) groups excluding carboxylic acids is 1. The number of pyridine rings is 1. The third kappa shape index (κ3) is 2.77. The number of benzene rings is 1. The van der Waals surface area contributed by atoms with Gasteiger partial charge in [0.1, 0.15) is 11.9 Å². The Morgan fingerprint density at radius 3 is 2.92 bits per heavy atom. The summed E-state index contributed by atoms with van der Waals surface area (Å²) in [7, 11) is 0. The van der Waals surface area contributed by atoms with Crippen molar-refractivity contribution in [3.63, 3.8) is 0 Å². The van der Waals surface area contributed by atoms with Crippen LogP contribution in [0.1, 0.15) is 30.9 Å². The number of aromatic nitrogens is 1. The molecule has 1 aliphatic carbocycles. The van der Waals surface area contributed by atoms with Crippen molar-refractivity contribution in [2.24, 2.45) is 5.41 Å². The lowest BCUT2D eigenvalue weighted by atomic mass is 10.0. The molecule has 1 fully saturated rings. The van der Waals surface area contributed by atoms with E-state index in [0.717, 1.165) is 36.3 Å². The van der Waals surface area contributed by atoms with E-state index in [-0.39, 0.29) is 17.4 Å². The Labute approximate surface area is 142 Å². The highest BCUT2D eigenvalue weighted by Gasteiger charge is 2.45. The second kappa shape index (κ2) is 5.62. The van der Waals surface area contributed by atoms with Crippen LogP contribution in [0.2, 0.25) is 0 Å². The van der Waals surface area contributed by atoms with Crippen molar-refractivity contribution in [2.45, 2.75) is 39.2 Å². The third-order valence-corrected chi connectivity index (χ3v) is 5.02. The van der Waals surface area contributed by atoms with Gasteiger partial charge in [0.05, 0.1) is 12.2 Å². The number of ether oxygens (including phenoxy) is 1. The molecule has 1 atom stereocenters. The van der Waals surface area contributed by atoms with E-state index in [1.807, 2.05) is 25.1 Å².